The summed E-state index contributed by atoms with van der Waals surface area (Å²) in [7, 11) is 0. The van der Waals surface area contributed by atoms with E-state index in [1.165, 1.54) is 0 Å². The quantitative estimate of drug-likeness (QED) is 0.679. The van der Waals surface area contributed by atoms with Gasteiger partial charge in [-0.3, -0.25) is 14.4 Å². The molecule has 0 heterocycles. The molecular formula is C14H24N2O4. The number of carbonyl (C=O) groups excluding carboxylic acids is 2. The van der Waals surface area contributed by atoms with Crippen LogP contribution in [0.3, 0.4) is 0 Å². The zero-order chi connectivity index (χ0) is 15.3. The summed E-state index contributed by atoms with van der Waals surface area (Å²) in [6.45, 7) is 5.27. The highest BCUT2D eigenvalue weighted by molar-refractivity contribution is 5.90. The molecule has 0 radical (unpaired) electrons. The minimum absolute atomic E-state index is 0.00189. The lowest BCUT2D eigenvalue weighted by Crippen LogP contribution is -2.48. The number of nitrogens with one attached hydrogen (secondary N) is 2. The van der Waals surface area contributed by atoms with Crippen LogP contribution in [0.2, 0.25) is 0 Å². The Morgan fingerprint density at radius 3 is 2.10 bits per heavy atom. The molecule has 2 amide bonds. The Labute approximate surface area is 119 Å². The second-order valence-corrected chi connectivity index (χ2v) is 5.92. The molecule has 0 aromatic rings. The van der Waals surface area contributed by atoms with Crippen molar-refractivity contribution in [2.24, 2.45) is 5.41 Å². The van der Waals surface area contributed by atoms with Gasteiger partial charge in [-0.2, -0.15) is 0 Å². The van der Waals surface area contributed by atoms with Crippen LogP contribution in [0, 0.1) is 5.41 Å². The predicted molar refractivity (Wildman–Crippen MR) is 74.0 cm³/mol. The van der Waals surface area contributed by atoms with Crippen molar-refractivity contribution >= 4 is 17.8 Å². The highest BCUT2D eigenvalue weighted by atomic mass is 16.4. The maximum Gasteiger partial charge on any atom is 0.310 e. The average Bonchev–Trinajstić information content (AvgIpc) is 2.77. The largest absolute Gasteiger partial charge is 0.481 e. The second-order valence-electron chi connectivity index (χ2n) is 5.92. The highest BCUT2D eigenvalue weighted by Crippen LogP contribution is 2.41. The third-order valence-electron chi connectivity index (χ3n) is 3.71. The molecule has 0 bridgehead atoms. The topological polar surface area (TPSA) is 95.5 Å². The van der Waals surface area contributed by atoms with E-state index < -0.39 is 17.4 Å². The summed E-state index contributed by atoms with van der Waals surface area (Å²) >= 11 is 0. The smallest absolute Gasteiger partial charge is 0.310 e. The fourth-order valence-electron chi connectivity index (χ4n) is 2.59. The molecular weight excluding hydrogens is 260 g/mol. The Kier molecular flexibility index (Phi) is 5.53. The van der Waals surface area contributed by atoms with Crippen LogP contribution in [0.25, 0.3) is 0 Å². The van der Waals surface area contributed by atoms with E-state index in [0.29, 0.717) is 12.8 Å². The molecule has 1 aliphatic carbocycles. The number of amides is 2. The molecule has 1 rings (SSSR count). The van der Waals surface area contributed by atoms with Crippen LogP contribution in [0.1, 0.15) is 52.9 Å². The molecule has 0 saturated heterocycles. The van der Waals surface area contributed by atoms with Gasteiger partial charge >= 0.3 is 5.97 Å². The Morgan fingerprint density at radius 2 is 1.65 bits per heavy atom. The molecule has 0 aromatic carbocycles. The van der Waals surface area contributed by atoms with Gasteiger partial charge in [-0.1, -0.05) is 12.8 Å². The number of rotatable bonds is 6. The van der Waals surface area contributed by atoms with Crippen LogP contribution >= 0.6 is 0 Å². The third-order valence-corrected chi connectivity index (χ3v) is 3.71. The standard InChI is InChI=1S/C14H24N2O4/c1-9(2)15-12(18)10(3)16-11(17)8-14(13(19)20)6-4-5-7-14/h9-10H,4-8H2,1-3H3,(H,15,18)(H,16,17)(H,19,20). The van der Waals surface area contributed by atoms with Crippen molar-refractivity contribution in [3.8, 4) is 0 Å². The van der Waals surface area contributed by atoms with Gasteiger partial charge in [0.25, 0.3) is 0 Å². The van der Waals surface area contributed by atoms with Crippen molar-refractivity contribution in [3.05, 3.63) is 0 Å². The monoisotopic (exact) mass is 284 g/mol. The molecule has 0 spiro atoms. The zero-order valence-corrected chi connectivity index (χ0v) is 12.4. The number of carbonyl (C=O) groups is 3. The molecule has 1 aliphatic rings. The summed E-state index contributed by atoms with van der Waals surface area (Å²) in [6.07, 6.45) is 2.68. The summed E-state index contributed by atoms with van der Waals surface area (Å²) in [5.74, 6) is -1.55. The molecule has 0 aliphatic heterocycles. The number of aliphatic carboxylic acids is 1. The van der Waals surface area contributed by atoms with Crippen LogP contribution in [0.4, 0.5) is 0 Å². The van der Waals surface area contributed by atoms with Crippen molar-refractivity contribution in [2.75, 3.05) is 0 Å². The molecule has 1 saturated carbocycles. The molecule has 114 valence electrons. The Balaban J connectivity index is 2.54. The van der Waals surface area contributed by atoms with E-state index in [9.17, 15) is 19.5 Å². The second kappa shape index (κ2) is 6.72. The Morgan fingerprint density at radius 1 is 1.10 bits per heavy atom. The van der Waals surface area contributed by atoms with Gasteiger partial charge in [-0.05, 0) is 33.6 Å². The average molecular weight is 284 g/mol. The SMILES string of the molecule is CC(C)NC(=O)C(C)NC(=O)CC1(C(=O)O)CCCC1. The molecule has 6 nitrogen and oxygen atoms in total. The lowest BCUT2D eigenvalue weighted by molar-refractivity contribution is -0.151. The predicted octanol–water partition coefficient (Wildman–Crippen LogP) is 1.05. The van der Waals surface area contributed by atoms with Crippen molar-refractivity contribution in [1.82, 2.24) is 10.6 Å². The van der Waals surface area contributed by atoms with Gasteiger partial charge in [0.15, 0.2) is 0 Å². The van der Waals surface area contributed by atoms with Crippen LogP contribution in [-0.2, 0) is 14.4 Å². The molecule has 1 atom stereocenters. The van der Waals surface area contributed by atoms with E-state index in [2.05, 4.69) is 10.6 Å². The van der Waals surface area contributed by atoms with Gasteiger partial charge in [-0.25, -0.2) is 0 Å². The molecule has 3 N–H and O–H groups in total. The third kappa shape index (κ3) is 4.21. The lowest BCUT2D eigenvalue weighted by atomic mass is 9.82. The Bertz CT molecular complexity index is 387. The first-order chi connectivity index (χ1) is 9.27. The van der Waals surface area contributed by atoms with Gasteiger partial charge in [0.05, 0.1) is 5.41 Å². The van der Waals surface area contributed by atoms with Crippen molar-refractivity contribution in [2.45, 2.75) is 65.0 Å². The molecule has 6 heteroatoms. The Hall–Kier alpha value is -1.59. The number of carboxylic acids is 1. The summed E-state index contributed by atoms with van der Waals surface area (Å²) in [6, 6.07) is -0.654. The van der Waals surface area contributed by atoms with Crippen LogP contribution in [0.5, 0.6) is 0 Å². The van der Waals surface area contributed by atoms with E-state index in [1.54, 1.807) is 6.92 Å². The summed E-state index contributed by atoms with van der Waals surface area (Å²) in [5.41, 5.74) is -0.946. The van der Waals surface area contributed by atoms with Gasteiger partial charge in [-0.15, -0.1) is 0 Å². The van der Waals surface area contributed by atoms with E-state index in [1.807, 2.05) is 13.8 Å². The summed E-state index contributed by atoms with van der Waals surface area (Å²) in [5, 5.41) is 14.6. The van der Waals surface area contributed by atoms with E-state index in [0.717, 1.165) is 12.8 Å². The number of hydrogen-bond acceptors (Lipinski definition) is 3. The molecule has 20 heavy (non-hydrogen) atoms. The first-order valence-electron chi connectivity index (χ1n) is 7.10. The van der Waals surface area contributed by atoms with Crippen molar-refractivity contribution in [1.29, 1.82) is 0 Å². The van der Waals surface area contributed by atoms with Crippen LogP contribution < -0.4 is 10.6 Å². The van der Waals surface area contributed by atoms with Gasteiger partial charge in [0, 0.05) is 12.5 Å². The maximum atomic E-state index is 12.0. The van der Waals surface area contributed by atoms with E-state index >= 15 is 0 Å². The normalized spacial score (nSPS) is 18.6. The molecule has 1 fully saturated rings. The minimum Gasteiger partial charge on any atom is -0.481 e. The molecule has 0 aromatic heterocycles. The minimum atomic E-state index is -0.946. The first-order valence-corrected chi connectivity index (χ1v) is 7.10. The first kappa shape index (κ1) is 16.5. The van der Waals surface area contributed by atoms with Gasteiger partial charge < -0.3 is 15.7 Å². The fourth-order valence-corrected chi connectivity index (χ4v) is 2.59. The fraction of sp³-hybridized carbons (Fsp3) is 0.786. The van der Waals surface area contributed by atoms with Crippen LogP contribution in [0.15, 0.2) is 0 Å². The van der Waals surface area contributed by atoms with E-state index in [4.69, 9.17) is 0 Å². The number of carboxylic acid groups (broad SMARTS) is 1. The molecule has 1 unspecified atom stereocenters. The summed E-state index contributed by atoms with van der Waals surface area (Å²) < 4.78 is 0. The highest BCUT2D eigenvalue weighted by Gasteiger charge is 2.43. The maximum absolute atomic E-state index is 12.0. The summed E-state index contributed by atoms with van der Waals surface area (Å²) in [4.78, 5) is 35.0. The lowest BCUT2D eigenvalue weighted by Gasteiger charge is -2.24. The van der Waals surface area contributed by atoms with Gasteiger partial charge in [0.1, 0.15) is 6.04 Å². The van der Waals surface area contributed by atoms with Crippen molar-refractivity contribution < 1.29 is 19.5 Å². The van der Waals surface area contributed by atoms with Crippen LogP contribution in [-0.4, -0.2) is 35.0 Å². The zero-order valence-electron chi connectivity index (χ0n) is 12.4. The number of hydrogen-bond donors (Lipinski definition) is 3. The van der Waals surface area contributed by atoms with Crippen molar-refractivity contribution in [3.63, 3.8) is 0 Å². The van der Waals surface area contributed by atoms with Gasteiger partial charge in [0.2, 0.25) is 11.8 Å². The van der Waals surface area contributed by atoms with E-state index in [-0.39, 0.29) is 24.3 Å².